The number of nitrogens with two attached hydrogens (primary N) is 1. The van der Waals surface area contributed by atoms with Crippen molar-refractivity contribution < 1.29 is 47.9 Å². The highest BCUT2D eigenvalue weighted by atomic mass is 16.5. The first-order valence-electron chi connectivity index (χ1n) is 21.4. The number of nitrogens with zero attached hydrogens (tertiary/aromatic N) is 4. The van der Waals surface area contributed by atoms with Crippen LogP contribution in [-0.4, -0.2) is 127 Å². The molecule has 2 bridgehead atoms. The number of aromatic nitrogens is 1. The molecule has 1 aliphatic heterocycles. The first-order chi connectivity index (χ1) is 31.9. The summed E-state index contributed by atoms with van der Waals surface area (Å²) >= 11 is 0. The van der Waals surface area contributed by atoms with Gasteiger partial charge in [0.2, 0.25) is 29.5 Å². The van der Waals surface area contributed by atoms with Crippen molar-refractivity contribution in [1.29, 1.82) is 11.1 Å². The molecule has 1 aliphatic rings. The highest BCUT2D eigenvalue weighted by Crippen LogP contribution is 2.19. The van der Waals surface area contributed by atoms with E-state index in [2.05, 4.69) is 57.1 Å². The average Bonchev–Trinajstić information content (AvgIpc) is 3.31. The van der Waals surface area contributed by atoms with Gasteiger partial charge in [0.1, 0.15) is 35.4 Å². The summed E-state index contributed by atoms with van der Waals surface area (Å²) in [5.41, 5.74) is 19.0. The molecule has 2 heterocycles. The van der Waals surface area contributed by atoms with Crippen molar-refractivity contribution in [3.05, 3.63) is 53.2 Å². The number of ether oxygens (including phenoxy) is 1. The van der Waals surface area contributed by atoms with E-state index in [-0.39, 0.29) is 66.9 Å². The lowest BCUT2D eigenvalue weighted by molar-refractivity contribution is -0.141. The fourth-order valence-corrected chi connectivity index (χ4v) is 6.44. The zero-order valence-electron chi connectivity index (χ0n) is 38.6. The van der Waals surface area contributed by atoms with Gasteiger partial charge in [-0.2, -0.15) is 5.10 Å². The number of rotatable bonds is 18. The number of likely N-dealkylation sites (N-methyl/N-ethyl adjacent to an activating group) is 1. The maximum Gasteiger partial charge on any atom is 0.353 e. The molecule has 67 heavy (non-hydrogen) atoms. The fourth-order valence-electron chi connectivity index (χ4n) is 6.44. The summed E-state index contributed by atoms with van der Waals surface area (Å²) in [6, 6.07) is 4.06. The SMILES string of the molecule is COC(=O)/C(C)=N\Nc1ccc(C(=O)NCCCCCC(=O)Nc2cc3cc(c2)C(=O)NC(C(C)C)C(=O)N(C)[C@@H](CCCN=CN)C(=O)NCC(=O)N[C@@H](CC(C)=O)C(=O)NC3)cn1.N=N. The third-order valence-corrected chi connectivity index (χ3v) is 9.99. The number of hydrogen-bond donors (Lipinski definition) is 10. The second kappa shape index (κ2) is 29.0. The second-order valence-corrected chi connectivity index (χ2v) is 15.6. The van der Waals surface area contributed by atoms with Gasteiger partial charge in [0.05, 0.1) is 25.6 Å². The molecule has 0 fully saturated rings. The van der Waals surface area contributed by atoms with Crippen molar-refractivity contribution in [1.82, 2.24) is 36.5 Å². The Morgan fingerprint density at radius 3 is 2.33 bits per heavy atom. The topological polar surface area (TPSA) is 362 Å². The lowest BCUT2D eigenvalue weighted by Gasteiger charge is -2.32. The number of fused-ring (bicyclic) bond motifs is 2. The van der Waals surface area contributed by atoms with E-state index in [1.165, 1.54) is 57.3 Å². The molecule has 0 spiro atoms. The Hall–Kier alpha value is -7.66. The van der Waals surface area contributed by atoms with Crippen LogP contribution in [0, 0.1) is 17.0 Å². The maximum absolute atomic E-state index is 14.0. The molecule has 2 aromatic rings. The van der Waals surface area contributed by atoms with Crippen LogP contribution in [0.3, 0.4) is 0 Å². The maximum atomic E-state index is 14.0. The molecular weight excluding hydrogens is 873 g/mol. The number of ketones is 1. The summed E-state index contributed by atoms with van der Waals surface area (Å²) in [6.45, 7) is 6.04. The van der Waals surface area contributed by atoms with E-state index in [1.54, 1.807) is 26.0 Å². The van der Waals surface area contributed by atoms with Crippen molar-refractivity contribution in [3.8, 4) is 0 Å². The van der Waals surface area contributed by atoms with E-state index in [0.717, 1.165) is 6.34 Å². The first kappa shape index (κ1) is 55.5. The number of pyridine rings is 1. The molecule has 0 radical (unpaired) electrons. The van der Waals surface area contributed by atoms with Gasteiger partial charge in [-0.3, -0.25) is 48.8 Å². The Labute approximate surface area is 388 Å². The average molecular weight is 935 g/mol. The van der Waals surface area contributed by atoms with Crippen molar-refractivity contribution in [3.63, 3.8) is 0 Å². The summed E-state index contributed by atoms with van der Waals surface area (Å²) in [7, 11) is 2.66. The molecule has 0 saturated carbocycles. The van der Waals surface area contributed by atoms with Gasteiger partial charge in [-0.1, -0.05) is 20.3 Å². The van der Waals surface area contributed by atoms with Gasteiger partial charge in [-0.15, -0.1) is 0 Å². The van der Waals surface area contributed by atoms with Crippen molar-refractivity contribution in [2.45, 2.75) is 97.3 Å². The Balaban J connectivity index is 0.00000760. The zero-order valence-corrected chi connectivity index (χ0v) is 38.6. The molecule has 3 atom stereocenters. The number of carbonyl (C=O) groups excluding carboxylic acids is 9. The molecule has 0 aliphatic carbocycles. The number of methoxy groups -OCH3 is 1. The van der Waals surface area contributed by atoms with Crippen molar-refractivity contribution in [2.75, 3.05) is 44.5 Å². The number of amides is 7. The summed E-state index contributed by atoms with van der Waals surface area (Å²) in [4.78, 5) is 126. The summed E-state index contributed by atoms with van der Waals surface area (Å²) in [6.07, 6.45) is 4.34. The van der Waals surface area contributed by atoms with Crippen LogP contribution in [0.25, 0.3) is 0 Å². The zero-order chi connectivity index (χ0) is 50.1. The molecule has 24 heteroatoms. The van der Waals surface area contributed by atoms with Crippen LogP contribution in [0.2, 0.25) is 0 Å². The molecule has 24 nitrogen and oxygen atoms in total. The molecule has 1 unspecified atom stereocenters. The predicted molar refractivity (Wildman–Crippen MR) is 246 cm³/mol. The highest BCUT2D eigenvalue weighted by molar-refractivity contribution is 6.35. The molecular formula is C43H62N14O10. The van der Waals surface area contributed by atoms with Gasteiger partial charge in [0, 0.05) is 57.0 Å². The smallest absolute Gasteiger partial charge is 0.353 e. The van der Waals surface area contributed by atoms with Crippen LogP contribution < -0.4 is 43.1 Å². The third-order valence-electron chi connectivity index (χ3n) is 9.99. The minimum atomic E-state index is -1.30. The van der Waals surface area contributed by atoms with E-state index in [1.807, 2.05) is 0 Å². The molecule has 0 saturated heterocycles. The predicted octanol–water partition coefficient (Wildman–Crippen LogP) is 1.13. The van der Waals surface area contributed by atoms with Crippen LogP contribution in [0.5, 0.6) is 0 Å². The molecule has 7 amide bonds. The largest absolute Gasteiger partial charge is 0.464 e. The van der Waals surface area contributed by atoms with E-state index in [0.29, 0.717) is 49.2 Å². The Morgan fingerprint density at radius 2 is 1.69 bits per heavy atom. The lowest BCUT2D eigenvalue weighted by atomic mass is 9.99. The van der Waals surface area contributed by atoms with E-state index < -0.39 is 66.1 Å². The number of carbonyl (C=O) groups is 9. The van der Waals surface area contributed by atoms with E-state index in [4.69, 9.17) is 16.8 Å². The fraction of sp³-hybridized carbons (Fsp3) is 0.488. The molecule has 1 aromatic heterocycles. The standard InChI is InChI=1S/C43H60N12O10.H2N2/c1-25(2)37-42(63)55(5)33(11-10-15-45-24-44)41(62)49-23-36(58)51-32(17-26(3)56)40(61)48-21-28-18-30(39(60)52-37)20-31(19-28)50-35(57)12-8-7-9-16-46-38(59)29-13-14-34(47-22-29)54-53-27(4)43(64)65-6;1-2/h13-14,18-20,22,24-25,32-33,37H,7-12,15-17,21,23H2,1-6H3,(H2,44,45)(H,46,59)(H,47,54)(H,48,61)(H,49,62)(H,50,57)(H,51,58)(H,52,60);1-2H/b53-27-;/t32-,33-,37?;/m0./s1. The number of esters is 1. The van der Waals surface area contributed by atoms with Crippen LogP contribution in [0.15, 0.2) is 46.6 Å². The monoisotopic (exact) mass is 934 g/mol. The summed E-state index contributed by atoms with van der Waals surface area (Å²) in [5, 5.41) is 19.9. The van der Waals surface area contributed by atoms with Gasteiger partial charge in [-0.05, 0) is 81.3 Å². The number of aliphatic imine (C=N–C) groups is 1. The Bertz CT molecular complexity index is 2130. The number of anilines is 2. The van der Waals surface area contributed by atoms with Crippen molar-refractivity contribution in [2.24, 2.45) is 21.7 Å². The van der Waals surface area contributed by atoms with Gasteiger partial charge in [0.15, 0.2) is 0 Å². The number of hydrogen-bond acceptors (Lipinski definition) is 16. The Kier molecular flexibility index (Phi) is 24.0. The molecule has 1 aromatic carbocycles. The van der Waals surface area contributed by atoms with Crippen LogP contribution >= 0.6 is 0 Å². The van der Waals surface area contributed by atoms with Gasteiger partial charge < -0.3 is 47.3 Å². The number of unbranched alkanes of at least 4 members (excludes halogenated alkanes) is 2. The summed E-state index contributed by atoms with van der Waals surface area (Å²) < 4.78 is 4.58. The highest BCUT2D eigenvalue weighted by Gasteiger charge is 2.34. The third kappa shape index (κ3) is 19.1. The second-order valence-electron chi connectivity index (χ2n) is 15.6. The van der Waals surface area contributed by atoms with Crippen LogP contribution in [-0.2, 0) is 44.8 Å². The lowest BCUT2D eigenvalue weighted by Crippen LogP contribution is -2.57. The number of hydrazone groups is 1. The number of nitrogens with one attached hydrogen (secondary N) is 9. The minimum absolute atomic E-state index is 0.0517. The van der Waals surface area contributed by atoms with E-state index >= 15 is 0 Å². The Morgan fingerprint density at radius 1 is 0.970 bits per heavy atom. The van der Waals surface area contributed by atoms with Gasteiger partial charge in [0.25, 0.3) is 11.8 Å². The van der Waals surface area contributed by atoms with Gasteiger partial charge >= 0.3 is 5.97 Å². The molecule has 364 valence electrons. The summed E-state index contributed by atoms with van der Waals surface area (Å²) in [5.74, 6) is -5.19. The number of benzene rings is 1. The number of Topliss-reactive ketones (excluding diaryl/α,β-unsaturated/α-hetero) is 1. The molecule has 3 rings (SSSR count). The van der Waals surface area contributed by atoms with Crippen molar-refractivity contribution >= 4 is 76.7 Å². The van der Waals surface area contributed by atoms with E-state index in [9.17, 15) is 43.2 Å². The van der Waals surface area contributed by atoms with Crippen LogP contribution in [0.1, 0.15) is 98.9 Å². The first-order valence-corrected chi connectivity index (χ1v) is 21.4. The molecule has 11 N–H and O–H groups in total. The minimum Gasteiger partial charge on any atom is -0.464 e. The van der Waals surface area contributed by atoms with Crippen LogP contribution in [0.4, 0.5) is 11.5 Å². The quantitative estimate of drug-likeness (QED) is 0.0251. The normalized spacial score (nSPS) is 17.4. The van der Waals surface area contributed by atoms with Gasteiger partial charge in [-0.25, -0.2) is 20.8 Å².